The topological polar surface area (TPSA) is 132 Å². The van der Waals surface area contributed by atoms with E-state index in [9.17, 15) is 14.3 Å². The summed E-state index contributed by atoms with van der Waals surface area (Å²) in [6.07, 6.45) is 0.984. The first-order valence-corrected chi connectivity index (χ1v) is 13.9. The average molecular weight is 594 g/mol. The molecule has 3 aromatic heterocycles. The van der Waals surface area contributed by atoms with E-state index in [-0.39, 0.29) is 59.6 Å². The number of benzene rings is 1. The number of fused-ring (bicyclic) bond motifs is 1. The summed E-state index contributed by atoms with van der Waals surface area (Å²) >= 11 is 0. The zero-order valence-electron chi connectivity index (χ0n) is 24.1. The summed E-state index contributed by atoms with van der Waals surface area (Å²) in [5.74, 6) is 0.176. The SMILES string of the molecule is C[C@@H](c1nc2ccc(C(=O)[O-])nc2n1C[C@@H]1CCO1)N1CCN(c2cccc(OCc3ccc(C#N)cc3F)n2)CC1.[Na+]. The zero-order valence-corrected chi connectivity index (χ0v) is 26.1. The maximum atomic E-state index is 14.2. The third-order valence-corrected chi connectivity index (χ3v) is 7.84. The van der Waals surface area contributed by atoms with E-state index in [2.05, 4.69) is 26.7 Å². The molecule has 5 heterocycles. The van der Waals surface area contributed by atoms with E-state index in [1.165, 1.54) is 12.1 Å². The number of hydrogen-bond donors (Lipinski definition) is 0. The predicted octanol–water partition coefficient (Wildman–Crippen LogP) is -0.544. The largest absolute Gasteiger partial charge is 1.00 e. The van der Waals surface area contributed by atoms with E-state index in [0.717, 1.165) is 44.2 Å². The van der Waals surface area contributed by atoms with Crippen LogP contribution in [0.1, 0.15) is 46.8 Å². The van der Waals surface area contributed by atoms with Crippen LogP contribution in [-0.2, 0) is 17.9 Å². The van der Waals surface area contributed by atoms with Gasteiger partial charge in [-0.05, 0) is 43.7 Å². The number of rotatable bonds is 9. The number of hydrogen-bond acceptors (Lipinski definition) is 10. The Balaban J connectivity index is 0.00000368. The van der Waals surface area contributed by atoms with Crippen molar-refractivity contribution in [2.24, 2.45) is 0 Å². The van der Waals surface area contributed by atoms with Crippen LogP contribution < -0.4 is 44.3 Å². The minimum absolute atomic E-state index is 0. The number of nitriles is 1. The van der Waals surface area contributed by atoms with E-state index in [0.29, 0.717) is 35.8 Å². The van der Waals surface area contributed by atoms with Gasteiger partial charge in [0.05, 0.1) is 42.0 Å². The fourth-order valence-corrected chi connectivity index (χ4v) is 5.31. The van der Waals surface area contributed by atoms with Crippen molar-refractivity contribution in [2.45, 2.75) is 38.6 Å². The van der Waals surface area contributed by atoms with Gasteiger partial charge in [-0.25, -0.2) is 14.4 Å². The van der Waals surface area contributed by atoms with Crippen LogP contribution in [-0.4, -0.2) is 69.3 Å². The van der Waals surface area contributed by atoms with Crippen molar-refractivity contribution in [1.82, 2.24) is 24.4 Å². The van der Waals surface area contributed by atoms with Gasteiger partial charge >= 0.3 is 29.6 Å². The summed E-state index contributed by atoms with van der Waals surface area (Å²) in [5.41, 5.74) is 1.66. The Morgan fingerprint density at radius 1 is 1.16 bits per heavy atom. The van der Waals surface area contributed by atoms with Crippen LogP contribution >= 0.6 is 0 Å². The molecule has 2 fully saturated rings. The molecule has 0 unspecified atom stereocenters. The van der Waals surface area contributed by atoms with Crippen LogP contribution in [0, 0.1) is 17.1 Å². The quantitative estimate of drug-likeness (QED) is 0.233. The predicted molar refractivity (Wildman–Crippen MR) is 148 cm³/mol. The van der Waals surface area contributed by atoms with Crippen LogP contribution in [0.25, 0.3) is 11.2 Å². The summed E-state index contributed by atoms with van der Waals surface area (Å²) in [7, 11) is 0. The summed E-state index contributed by atoms with van der Waals surface area (Å²) < 4.78 is 27.7. The van der Waals surface area contributed by atoms with Gasteiger partial charge in [-0.1, -0.05) is 12.1 Å². The first-order valence-electron chi connectivity index (χ1n) is 13.9. The molecule has 216 valence electrons. The van der Waals surface area contributed by atoms with E-state index in [4.69, 9.17) is 19.7 Å². The molecule has 2 atom stereocenters. The number of carboxylic acid groups (broad SMARTS) is 1. The number of nitrogens with zero attached hydrogens (tertiary/aromatic N) is 7. The van der Waals surface area contributed by atoms with Crippen LogP contribution in [0.2, 0.25) is 0 Å². The molecule has 1 aromatic carbocycles. The molecule has 0 radical (unpaired) electrons. The summed E-state index contributed by atoms with van der Waals surface area (Å²) in [4.78, 5) is 29.8. The van der Waals surface area contributed by atoms with Gasteiger partial charge in [0.1, 0.15) is 29.6 Å². The van der Waals surface area contributed by atoms with Gasteiger partial charge in [0, 0.05) is 44.4 Å². The Kier molecular flexibility index (Phi) is 9.59. The number of piperazine rings is 1. The van der Waals surface area contributed by atoms with Gasteiger partial charge in [-0.2, -0.15) is 10.2 Å². The van der Waals surface area contributed by atoms with Crippen molar-refractivity contribution in [3.05, 3.63) is 77.0 Å². The van der Waals surface area contributed by atoms with Gasteiger partial charge < -0.3 is 28.8 Å². The maximum Gasteiger partial charge on any atom is 1.00 e. The Morgan fingerprint density at radius 3 is 2.63 bits per heavy atom. The minimum Gasteiger partial charge on any atom is -0.543 e. The van der Waals surface area contributed by atoms with Crippen molar-refractivity contribution in [1.29, 1.82) is 5.26 Å². The van der Waals surface area contributed by atoms with Gasteiger partial charge in [0.2, 0.25) is 5.88 Å². The molecule has 43 heavy (non-hydrogen) atoms. The molecule has 2 saturated heterocycles. The van der Waals surface area contributed by atoms with Crippen LogP contribution in [0.4, 0.5) is 10.2 Å². The van der Waals surface area contributed by atoms with Gasteiger partial charge in [-0.3, -0.25) is 4.90 Å². The Labute approximate surface area is 270 Å². The normalized spacial score (nSPS) is 17.5. The van der Waals surface area contributed by atoms with Gasteiger partial charge in [0.25, 0.3) is 0 Å². The molecular formula is C30H29FN7NaO4. The van der Waals surface area contributed by atoms with Crippen molar-refractivity contribution >= 4 is 23.0 Å². The monoisotopic (exact) mass is 593 g/mol. The van der Waals surface area contributed by atoms with Crippen molar-refractivity contribution in [2.75, 3.05) is 37.7 Å². The molecule has 0 amide bonds. The van der Waals surface area contributed by atoms with Crippen molar-refractivity contribution in [3.63, 3.8) is 0 Å². The van der Waals surface area contributed by atoms with Gasteiger partial charge in [0.15, 0.2) is 5.65 Å². The number of aromatic nitrogens is 4. The number of anilines is 1. The number of ether oxygens (including phenoxy) is 2. The Morgan fingerprint density at radius 2 is 1.95 bits per heavy atom. The fraction of sp³-hybridized carbons (Fsp3) is 0.367. The summed E-state index contributed by atoms with van der Waals surface area (Å²) in [6, 6.07) is 14.8. The molecule has 0 spiro atoms. The Bertz CT molecular complexity index is 1660. The van der Waals surface area contributed by atoms with Crippen LogP contribution in [0.3, 0.4) is 0 Å². The second-order valence-corrected chi connectivity index (χ2v) is 10.4. The van der Waals surface area contributed by atoms with Crippen molar-refractivity contribution < 1.29 is 53.3 Å². The molecule has 6 rings (SSSR count). The average Bonchev–Trinajstić information content (AvgIpc) is 3.35. The minimum atomic E-state index is -1.32. The first kappa shape index (κ1) is 30.8. The van der Waals surface area contributed by atoms with Crippen LogP contribution in [0.5, 0.6) is 5.88 Å². The van der Waals surface area contributed by atoms with E-state index in [1.807, 2.05) is 22.8 Å². The van der Waals surface area contributed by atoms with Crippen LogP contribution in [0.15, 0.2) is 48.5 Å². The number of halogens is 1. The number of carbonyl (C=O) groups is 1. The zero-order chi connectivity index (χ0) is 29.2. The number of aromatic carboxylic acids is 1. The Hall–Kier alpha value is -3.60. The summed E-state index contributed by atoms with van der Waals surface area (Å²) in [5, 5.41) is 20.4. The van der Waals surface area contributed by atoms with Gasteiger partial charge in [-0.15, -0.1) is 0 Å². The van der Waals surface area contributed by atoms with E-state index < -0.39 is 11.8 Å². The molecule has 0 aliphatic carbocycles. The number of imidazole rings is 1. The molecule has 0 saturated carbocycles. The van der Waals surface area contributed by atoms with Crippen molar-refractivity contribution in [3.8, 4) is 11.9 Å². The molecular weight excluding hydrogens is 564 g/mol. The maximum absolute atomic E-state index is 14.2. The standard InChI is InChI=1S/C30H30FN7O4.Na/c1-19(28-33-24-7-8-25(30(39)40)34-29(24)38(28)17-22-9-14-41-22)36-10-12-37(13-11-36)26-3-2-4-27(35-26)42-18-21-6-5-20(16-32)15-23(21)31;/h2-8,15,19,22H,9-14,17-18H2,1H3,(H,39,40);/q;+1/p-1/t19-,22-;/m0./s1. The third kappa shape index (κ3) is 6.66. The number of carboxylic acids is 1. The molecule has 0 N–H and O–H groups in total. The summed E-state index contributed by atoms with van der Waals surface area (Å²) in [6.45, 7) is 6.34. The molecule has 11 nitrogen and oxygen atoms in total. The van der Waals surface area contributed by atoms with E-state index >= 15 is 0 Å². The molecule has 0 bridgehead atoms. The molecule has 2 aliphatic rings. The van der Waals surface area contributed by atoms with E-state index in [1.54, 1.807) is 24.3 Å². The number of carbonyl (C=O) groups excluding carboxylic acids is 1. The second kappa shape index (κ2) is 13.4. The second-order valence-electron chi connectivity index (χ2n) is 10.4. The molecule has 13 heteroatoms. The molecule has 4 aromatic rings. The molecule has 2 aliphatic heterocycles. The number of pyridine rings is 2. The third-order valence-electron chi connectivity index (χ3n) is 7.84. The smallest absolute Gasteiger partial charge is 0.543 e. The first-order chi connectivity index (χ1) is 20.4. The fourth-order valence-electron chi connectivity index (χ4n) is 5.31.